The molecular formula is C38H23NOS. The molecule has 0 N–H and O–H groups in total. The zero-order chi connectivity index (χ0) is 26.9. The first-order chi connectivity index (χ1) is 20.3. The Morgan fingerprint density at radius 3 is 2.17 bits per heavy atom. The Hall–Kier alpha value is -5.12. The summed E-state index contributed by atoms with van der Waals surface area (Å²) in [5.41, 5.74) is 10.4. The van der Waals surface area contributed by atoms with Crippen LogP contribution in [0.3, 0.4) is 0 Å². The van der Waals surface area contributed by atoms with Crippen LogP contribution in [-0.4, -0.2) is 4.57 Å². The molecule has 0 bridgehead atoms. The number of aromatic nitrogens is 1. The molecule has 2 nitrogen and oxygen atoms in total. The maximum atomic E-state index is 6.18. The van der Waals surface area contributed by atoms with Crippen LogP contribution >= 0.6 is 11.3 Å². The predicted molar refractivity (Wildman–Crippen MR) is 174 cm³/mol. The van der Waals surface area contributed by atoms with Gasteiger partial charge >= 0.3 is 0 Å². The van der Waals surface area contributed by atoms with Crippen LogP contribution < -0.4 is 0 Å². The molecule has 9 rings (SSSR count). The van der Waals surface area contributed by atoms with Crippen molar-refractivity contribution in [3.63, 3.8) is 0 Å². The highest BCUT2D eigenvalue weighted by atomic mass is 32.1. The van der Waals surface area contributed by atoms with Gasteiger partial charge in [-0.3, -0.25) is 0 Å². The summed E-state index contributed by atoms with van der Waals surface area (Å²) in [5.74, 6) is 0. The lowest BCUT2D eigenvalue weighted by molar-refractivity contribution is 0.669. The molecule has 0 aliphatic heterocycles. The van der Waals surface area contributed by atoms with E-state index < -0.39 is 0 Å². The first-order valence-electron chi connectivity index (χ1n) is 13.9. The number of nitrogens with zero attached hydrogens (tertiary/aromatic N) is 1. The second-order valence-corrected chi connectivity index (χ2v) is 11.6. The summed E-state index contributed by atoms with van der Waals surface area (Å²) >= 11 is 1.88. The third kappa shape index (κ3) is 3.36. The Kier molecular flexibility index (Phi) is 4.80. The van der Waals surface area contributed by atoms with Crippen LogP contribution in [0.5, 0.6) is 0 Å². The van der Waals surface area contributed by atoms with E-state index in [1.54, 1.807) is 0 Å². The fourth-order valence-corrected chi connectivity index (χ4v) is 7.58. The van der Waals surface area contributed by atoms with Crippen molar-refractivity contribution in [2.45, 2.75) is 0 Å². The van der Waals surface area contributed by atoms with E-state index in [0.29, 0.717) is 0 Å². The van der Waals surface area contributed by atoms with Gasteiger partial charge in [-0.2, -0.15) is 0 Å². The predicted octanol–water partition coefficient (Wildman–Crippen LogP) is 11.2. The minimum absolute atomic E-state index is 0.921. The molecule has 0 radical (unpaired) electrons. The fraction of sp³-hybridized carbons (Fsp3) is 0. The molecule has 192 valence electrons. The number of rotatable bonds is 3. The van der Waals surface area contributed by atoms with Gasteiger partial charge in [0.25, 0.3) is 0 Å². The van der Waals surface area contributed by atoms with Gasteiger partial charge < -0.3 is 8.98 Å². The van der Waals surface area contributed by atoms with Crippen LogP contribution in [0.4, 0.5) is 0 Å². The number of hydrogen-bond donors (Lipinski definition) is 0. The van der Waals surface area contributed by atoms with E-state index in [2.05, 4.69) is 132 Å². The molecule has 0 saturated heterocycles. The molecule has 0 spiro atoms. The highest BCUT2D eigenvalue weighted by Gasteiger charge is 2.18. The van der Waals surface area contributed by atoms with E-state index in [0.717, 1.165) is 16.6 Å². The SMILES string of the molecule is c1ccc(-n2c3ccccc3c3sc4ccc(-c5cccc(-c6cccc7oc8ccccc8c67)c5)cc4c32)cc1. The van der Waals surface area contributed by atoms with Crippen LogP contribution in [0.25, 0.3) is 81.1 Å². The summed E-state index contributed by atoms with van der Waals surface area (Å²) in [5, 5.41) is 4.91. The van der Waals surface area contributed by atoms with Crippen molar-refractivity contribution < 1.29 is 4.42 Å². The molecule has 3 heterocycles. The largest absolute Gasteiger partial charge is 0.456 e. The Bertz CT molecular complexity index is 2420. The lowest BCUT2D eigenvalue weighted by Crippen LogP contribution is -1.92. The number of para-hydroxylation sites is 3. The van der Waals surface area contributed by atoms with Crippen LogP contribution in [-0.2, 0) is 0 Å². The molecule has 9 aromatic rings. The van der Waals surface area contributed by atoms with E-state index >= 15 is 0 Å². The molecule has 3 heteroatoms. The van der Waals surface area contributed by atoms with Gasteiger partial charge in [-0.05, 0) is 70.8 Å². The van der Waals surface area contributed by atoms with Crippen LogP contribution in [0.1, 0.15) is 0 Å². The van der Waals surface area contributed by atoms with Crippen molar-refractivity contribution >= 4 is 64.5 Å². The zero-order valence-electron chi connectivity index (χ0n) is 22.0. The number of hydrogen-bond acceptors (Lipinski definition) is 2. The van der Waals surface area contributed by atoms with Gasteiger partial charge in [0.1, 0.15) is 11.2 Å². The molecule has 0 saturated carbocycles. The minimum Gasteiger partial charge on any atom is -0.456 e. The molecule has 41 heavy (non-hydrogen) atoms. The van der Waals surface area contributed by atoms with Crippen molar-refractivity contribution in [1.82, 2.24) is 4.57 Å². The first kappa shape index (κ1) is 22.7. The summed E-state index contributed by atoms with van der Waals surface area (Å²) in [6, 6.07) is 49.9. The standard InChI is InChI=1S/C38H23NOS/c1-2-12-27(13-3-1)39-32-17-6-4-14-29(32)38-37(39)31-23-25(20-21-35(31)41-38)24-10-8-11-26(22-24)28-16-9-19-34-36(28)30-15-5-7-18-33(30)40-34/h1-23H. The molecule has 0 fully saturated rings. The van der Waals surface area contributed by atoms with Crippen molar-refractivity contribution in [2.75, 3.05) is 0 Å². The number of benzene rings is 6. The number of furan rings is 1. The van der Waals surface area contributed by atoms with Gasteiger partial charge in [0.2, 0.25) is 0 Å². The lowest BCUT2D eigenvalue weighted by Gasteiger charge is -2.09. The molecule has 0 atom stereocenters. The van der Waals surface area contributed by atoms with Gasteiger partial charge in [-0.15, -0.1) is 11.3 Å². The summed E-state index contributed by atoms with van der Waals surface area (Å²) < 4.78 is 11.2. The van der Waals surface area contributed by atoms with E-state index in [1.165, 1.54) is 64.5 Å². The third-order valence-corrected chi connectivity index (χ3v) is 9.39. The quantitative estimate of drug-likeness (QED) is 0.217. The van der Waals surface area contributed by atoms with E-state index in [-0.39, 0.29) is 0 Å². The van der Waals surface area contributed by atoms with Crippen LogP contribution in [0.2, 0.25) is 0 Å². The second-order valence-electron chi connectivity index (χ2n) is 10.5. The van der Waals surface area contributed by atoms with Gasteiger partial charge in [-0.1, -0.05) is 91.0 Å². The first-order valence-corrected chi connectivity index (χ1v) is 14.7. The van der Waals surface area contributed by atoms with E-state index in [1.807, 2.05) is 23.5 Å². The highest BCUT2D eigenvalue weighted by molar-refractivity contribution is 7.26. The molecule has 0 aliphatic carbocycles. The Balaban J connectivity index is 1.26. The smallest absolute Gasteiger partial charge is 0.136 e. The van der Waals surface area contributed by atoms with E-state index in [4.69, 9.17) is 4.42 Å². The van der Waals surface area contributed by atoms with Gasteiger partial charge in [0.05, 0.1) is 15.7 Å². The van der Waals surface area contributed by atoms with Crippen molar-refractivity contribution in [3.05, 3.63) is 140 Å². The van der Waals surface area contributed by atoms with Crippen molar-refractivity contribution in [3.8, 4) is 27.9 Å². The molecule has 6 aromatic carbocycles. The monoisotopic (exact) mass is 541 g/mol. The molecule has 0 unspecified atom stereocenters. The van der Waals surface area contributed by atoms with Crippen LogP contribution in [0.15, 0.2) is 144 Å². The maximum Gasteiger partial charge on any atom is 0.136 e. The lowest BCUT2D eigenvalue weighted by atomic mass is 9.95. The normalized spacial score (nSPS) is 11.9. The minimum atomic E-state index is 0.921. The van der Waals surface area contributed by atoms with Crippen LogP contribution in [0, 0.1) is 0 Å². The molecule has 0 aliphatic rings. The number of fused-ring (bicyclic) bond motifs is 8. The van der Waals surface area contributed by atoms with E-state index in [9.17, 15) is 0 Å². The van der Waals surface area contributed by atoms with Crippen molar-refractivity contribution in [2.24, 2.45) is 0 Å². The van der Waals surface area contributed by atoms with Crippen molar-refractivity contribution in [1.29, 1.82) is 0 Å². The summed E-state index contributed by atoms with van der Waals surface area (Å²) in [7, 11) is 0. The second kappa shape index (κ2) is 8.69. The van der Waals surface area contributed by atoms with Gasteiger partial charge in [0, 0.05) is 31.9 Å². The van der Waals surface area contributed by atoms with Gasteiger partial charge in [0.15, 0.2) is 0 Å². The zero-order valence-corrected chi connectivity index (χ0v) is 22.9. The average Bonchev–Trinajstić information content (AvgIpc) is 3.70. The molecule has 3 aromatic heterocycles. The Morgan fingerprint density at radius 1 is 0.512 bits per heavy atom. The topological polar surface area (TPSA) is 18.1 Å². The highest BCUT2D eigenvalue weighted by Crippen LogP contribution is 2.44. The summed E-state index contributed by atoms with van der Waals surface area (Å²) in [4.78, 5) is 0. The maximum absolute atomic E-state index is 6.18. The fourth-order valence-electron chi connectivity index (χ4n) is 6.38. The Morgan fingerprint density at radius 2 is 1.24 bits per heavy atom. The average molecular weight is 542 g/mol. The summed E-state index contributed by atoms with van der Waals surface area (Å²) in [6.45, 7) is 0. The third-order valence-electron chi connectivity index (χ3n) is 8.20. The number of thiophene rings is 1. The van der Waals surface area contributed by atoms with Gasteiger partial charge in [-0.25, -0.2) is 0 Å². The summed E-state index contributed by atoms with van der Waals surface area (Å²) in [6.07, 6.45) is 0. The Labute approximate surface area is 240 Å². The molecule has 0 amide bonds. The molecular weight excluding hydrogens is 518 g/mol.